The largest absolute Gasteiger partial charge is 0.508 e. The molecule has 0 amide bonds. The second-order valence-corrected chi connectivity index (χ2v) is 6.34. The topological polar surface area (TPSA) is 202 Å². The van der Waals surface area contributed by atoms with Gasteiger partial charge >= 0.3 is 5.69 Å². The number of phenols is 1. The van der Waals surface area contributed by atoms with Crippen LogP contribution in [0.5, 0.6) is 5.75 Å². The lowest BCUT2D eigenvalue weighted by Crippen LogP contribution is -2.44. The maximum Gasteiger partial charge on any atom is 0.327 e. The Morgan fingerprint density at radius 1 is 1.00 bits per heavy atom. The summed E-state index contributed by atoms with van der Waals surface area (Å²) in [6.45, 7) is -1.46. The fraction of sp³-hybridized carbons (Fsp3) is 0.294. The van der Waals surface area contributed by atoms with Gasteiger partial charge in [-0.15, -0.1) is 0 Å². The van der Waals surface area contributed by atoms with E-state index in [0.29, 0.717) is 0 Å². The molecule has 0 radical (unpaired) electrons. The first kappa shape index (κ1) is 20.4. The van der Waals surface area contributed by atoms with Crippen molar-refractivity contribution in [1.29, 1.82) is 0 Å². The molecule has 0 saturated heterocycles. The maximum absolute atomic E-state index is 13.0. The van der Waals surface area contributed by atoms with Gasteiger partial charge in [0.25, 0.3) is 11.1 Å². The molecule has 0 saturated carbocycles. The molecule has 29 heavy (non-hydrogen) atoms. The first-order valence-electron chi connectivity index (χ1n) is 8.44. The van der Waals surface area contributed by atoms with Gasteiger partial charge < -0.3 is 25.5 Å². The Bertz CT molecular complexity index is 1200. The number of aromatic nitrogens is 4. The van der Waals surface area contributed by atoms with E-state index >= 15 is 0 Å². The Morgan fingerprint density at radius 3 is 2.28 bits per heavy atom. The number of nitrogens with one attached hydrogen (secondary N) is 2. The summed E-state index contributed by atoms with van der Waals surface area (Å²) >= 11 is 0. The van der Waals surface area contributed by atoms with Gasteiger partial charge in [0.15, 0.2) is 5.52 Å². The van der Waals surface area contributed by atoms with E-state index in [-0.39, 0.29) is 28.2 Å². The van der Waals surface area contributed by atoms with Crippen LogP contribution in [-0.2, 0) is 6.54 Å². The molecule has 3 atom stereocenters. The van der Waals surface area contributed by atoms with Crippen LogP contribution in [0.1, 0.15) is 0 Å². The van der Waals surface area contributed by atoms with Crippen LogP contribution in [0.2, 0.25) is 0 Å². The lowest BCUT2D eigenvalue weighted by Gasteiger charge is -2.22. The van der Waals surface area contributed by atoms with Crippen molar-refractivity contribution in [2.24, 2.45) is 0 Å². The van der Waals surface area contributed by atoms with Gasteiger partial charge in [-0.05, 0) is 24.3 Å². The number of nitrogens with zero attached hydrogens (tertiary/aromatic N) is 2. The molecule has 0 fully saturated rings. The molecule has 12 heteroatoms. The summed E-state index contributed by atoms with van der Waals surface area (Å²) in [5.41, 5.74) is -3.18. The van der Waals surface area contributed by atoms with Gasteiger partial charge in [-0.2, -0.15) is 0 Å². The lowest BCUT2D eigenvalue weighted by molar-refractivity contribution is -0.0805. The number of aliphatic hydroxyl groups excluding tert-OH is 4. The van der Waals surface area contributed by atoms with Crippen molar-refractivity contribution in [3.63, 3.8) is 0 Å². The van der Waals surface area contributed by atoms with Crippen molar-refractivity contribution >= 4 is 11.2 Å². The smallest absolute Gasteiger partial charge is 0.327 e. The van der Waals surface area contributed by atoms with Gasteiger partial charge in [0.1, 0.15) is 35.4 Å². The molecule has 3 rings (SSSR count). The predicted octanol–water partition coefficient (Wildman–Crippen LogP) is -2.78. The average Bonchev–Trinajstić information content (AvgIpc) is 2.69. The first-order valence-corrected chi connectivity index (χ1v) is 8.44. The van der Waals surface area contributed by atoms with Gasteiger partial charge in [-0.25, -0.2) is 9.78 Å². The molecule has 1 aromatic carbocycles. The van der Waals surface area contributed by atoms with Gasteiger partial charge in [0.05, 0.1) is 13.2 Å². The average molecular weight is 406 g/mol. The Balaban J connectivity index is 2.24. The number of H-pyrrole nitrogens is 2. The van der Waals surface area contributed by atoms with Crippen LogP contribution in [0.25, 0.3) is 22.4 Å². The van der Waals surface area contributed by atoms with Crippen LogP contribution in [-0.4, -0.2) is 70.0 Å². The Hall–Kier alpha value is -3.32. The molecule has 12 nitrogen and oxygen atoms in total. The van der Waals surface area contributed by atoms with Crippen LogP contribution in [0.3, 0.4) is 0 Å². The highest BCUT2D eigenvalue weighted by molar-refractivity contribution is 5.73. The number of rotatable bonds is 6. The number of hydrogen-bond acceptors (Lipinski definition) is 9. The zero-order chi connectivity index (χ0) is 21.3. The molecular weight excluding hydrogens is 388 g/mol. The third-order valence-electron chi connectivity index (χ3n) is 4.33. The zero-order valence-electron chi connectivity index (χ0n) is 14.8. The van der Waals surface area contributed by atoms with Crippen molar-refractivity contribution in [3.05, 3.63) is 55.5 Å². The monoisotopic (exact) mass is 406 g/mol. The van der Waals surface area contributed by atoms with E-state index in [2.05, 4.69) is 9.97 Å². The van der Waals surface area contributed by atoms with Crippen molar-refractivity contribution in [2.75, 3.05) is 6.61 Å². The lowest BCUT2D eigenvalue weighted by atomic mass is 10.1. The van der Waals surface area contributed by atoms with Crippen LogP contribution >= 0.6 is 0 Å². The number of aromatic hydroxyl groups is 1. The highest BCUT2D eigenvalue weighted by Crippen LogP contribution is 2.18. The maximum atomic E-state index is 13.0. The molecule has 0 bridgehead atoms. The molecule has 2 aromatic heterocycles. The quantitative estimate of drug-likeness (QED) is 0.226. The fourth-order valence-electron chi connectivity index (χ4n) is 2.80. The van der Waals surface area contributed by atoms with E-state index in [9.17, 15) is 34.8 Å². The van der Waals surface area contributed by atoms with E-state index in [1.54, 1.807) is 0 Å². The standard InChI is InChI=1S/C17H18N4O8/c22-6-10(25)13(26)9(24)5-21-14-12(15(27)20-17(29)19-14)18-11(16(21)28)7-1-3-8(23)4-2-7/h1-4,9-10,13,22-26H,5-6H2,(H2,19,20,27,29). The SMILES string of the molecule is O=c1[nH]c(=O)c2nc(-c3ccc(O)cc3)c(=O)n(CC(O)C(O)C(O)CO)c2[nH]1. The van der Waals surface area contributed by atoms with E-state index in [1.165, 1.54) is 24.3 Å². The summed E-state index contributed by atoms with van der Waals surface area (Å²) in [5.74, 6) is -0.0615. The molecule has 7 N–H and O–H groups in total. The molecule has 3 unspecified atom stereocenters. The van der Waals surface area contributed by atoms with E-state index in [1.807, 2.05) is 4.98 Å². The molecule has 154 valence electrons. The summed E-state index contributed by atoms with van der Waals surface area (Å²) in [5, 5.41) is 47.9. The van der Waals surface area contributed by atoms with Crippen molar-refractivity contribution < 1.29 is 25.5 Å². The molecule has 3 aromatic rings. The van der Waals surface area contributed by atoms with Crippen LogP contribution < -0.4 is 16.8 Å². The number of hydrogen-bond donors (Lipinski definition) is 7. The second kappa shape index (κ2) is 7.97. The highest BCUT2D eigenvalue weighted by atomic mass is 16.4. The Morgan fingerprint density at radius 2 is 1.66 bits per heavy atom. The summed E-state index contributed by atoms with van der Waals surface area (Å²) in [4.78, 5) is 45.1. The molecule has 0 aliphatic rings. The molecule has 0 spiro atoms. The minimum Gasteiger partial charge on any atom is -0.508 e. The van der Waals surface area contributed by atoms with Crippen LogP contribution in [0.15, 0.2) is 38.6 Å². The van der Waals surface area contributed by atoms with E-state index < -0.39 is 48.3 Å². The molecule has 2 heterocycles. The summed E-state index contributed by atoms with van der Waals surface area (Å²) in [7, 11) is 0. The number of phenolic OH excluding ortho intramolecular Hbond substituents is 1. The van der Waals surface area contributed by atoms with Crippen molar-refractivity contribution in [2.45, 2.75) is 24.9 Å². The van der Waals surface area contributed by atoms with Crippen molar-refractivity contribution in [3.8, 4) is 17.0 Å². The minimum absolute atomic E-state index is 0.0615. The van der Waals surface area contributed by atoms with E-state index in [4.69, 9.17) is 5.11 Å². The third kappa shape index (κ3) is 3.95. The number of fused-ring (bicyclic) bond motifs is 1. The van der Waals surface area contributed by atoms with Gasteiger partial charge in [0.2, 0.25) is 0 Å². The number of aromatic amines is 2. The van der Waals surface area contributed by atoms with Crippen LogP contribution in [0.4, 0.5) is 0 Å². The molecule has 0 aliphatic heterocycles. The zero-order valence-corrected chi connectivity index (χ0v) is 14.8. The number of aliphatic hydroxyl groups is 4. The molecular formula is C17H18N4O8. The van der Waals surface area contributed by atoms with Crippen LogP contribution in [0, 0.1) is 0 Å². The fourth-order valence-corrected chi connectivity index (χ4v) is 2.80. The van der Waals surface area contributed by atoms with Crippen molar-refractivity contribution in [1.82, 2.24) is 19.5 Å². The highest BCUT2D eigenvalue weighted by Gasteiger charge is 2.26. The Kier molecular flexibility index (Phi) is 5.61. The van der Waals surface area contributed by atoms with Gasteiger partial charge in [-0.1, -0.05) is 0 Å². The van der Waals surface area contributed by atoms with Gasteiger partial charge in [0, 0.05) is 5.56 Å². The second-order valence-electron chi connectivity index (χ2n) is 6.34. The summed E-state index contributed by atoms with van der Waals surface area (Å²) in [6, 6.07) is 5.38. The van der Waals surface area contributed by atoms with Gasteiger partial charge in [-0.3, -0.25) is 24.1 Å². The first-order chi connectivity index (χ1) is 13.7. The summed E-state index contributed by atoms with van der Waals surface area (Å²) < 4.78 is 0.832. The minimum atomic E-state index is -1.80. The Labute approximate surface area is 161 Å². The number of benzene rings is 1. The predicted molar refractivity (Wildman–Crippen MR) is 99.5 cm³/mol. The summed E-state index contributed by atoms with van der Waals surface area (Å²) in [6.07, 6.45) is -5.20. The van der Waals surface area contributed by atoms with E-state index in [0.717, 1.165) is 4.57 Å². The normalized spacial score (nSPS) is 14.6. The third-order valence-corrected chi connectivity index (χ3v) is 4.33. The molecule has 0 aliphatic carbocycles.